The number of amides is 2. The van der Waals surface area contributed by atoms with Crippen LogP contribution in [-0.4, -0.2) is 29.6 Å². The number of carbonyl (C=O) groups is 3. The molecule has 1 atom stereocenters. The summed E-state index contributed by atoms with van der Waals surface area (Å²) in [6, 6.07) is 12.6. The Hall–Kier alpha value is -2.80. The number of carbonyl (C=O) groups excluding carboxylic acids is 3. The van der Waals surface area contributed by atoms with Gasteiger partial charge in [-0.3, -0.25) is 9.59 Å². The van der Waals surface area contributed by atoms with E-state index < -0.39 is 18.0 Å². The van der Waals surface area contributed by atoms with Crippen LogP contribution >= 0.6 is 11.8 Å². The van der Waals surface area contributed by atoms with Crippen LogP contribution in [0.25, 0.3) is 0 Å². The first-order valence-corrected chi connectivity index (χ1v) is 10.5. The van der Waals surface area contributed by atoms with Crippen molar-refractivity contribution in [2.24, 2.45) is 0 Å². The van der Waals surface area contributed by atoms with Crippen LogP contribution in [0.1, 0.15) is 49.0 Å². The Kier molecular flexibility index (Phi) is 6.59. The van der Waals surface area contributed by atoms with Gasteiger partial charge in [0.1, 0.15) is 0 Å². The van der Waals surface area contributed by atoms with Gasteiger partial charge >= 0.3 is 5.97 Å². The van der Waals surface area contributed by atoms with Gasteiger partial charge in [-0.15, -0.1) is 11.8 Å². The first-order chi connectivity index (χ1) is 13.8. The average Bonchev–Trinajstić information content (AvgIpc) is 2.88. The lowest BCUT2D eigenvalue weighted by Crippen LogP contribution is -2.30. The summed E-state index contributed by atoms with van der Waals surface area (Å²) >= 11 is 1.56. The van der Waals surface area contributed by atoms with E-state index in [2.05, 4.69) is 24.5 Å². The second-order valence-corrected chi connectivity index (χ2v) is 8.31. The number of benzene rings is 2. The quantitative estimate of drug-likeness (QED) is 0.710. The SMILES string of the molecule is CC(C)c1ccc(NC(=O)[C@H](C)OC(=O)c2ccc3c(c2)NC(=O)CCS3)cc1. The molecule has 0 bridgehead atoms. The Morgan fingerprint density at radius 3 is 2.52 bits per heavy atom. The molecule has 2 amide bonds. The molecule has 6 nitrogen and oxygen atoms in total. The molecule has 1 aliphatic rings. The largest absolute Gasteiger partial charge is 0.449 e. The summed E-state index contributed by atoms with van der Waals surface area (Å²) < 4.78 is 5.31. The number of fused-ring (bicyclic) bond motifs is 1. The minimum absolute atomic E-state index is 0.0852. The molecule has 2 N–H and O–H groups in total. The van der Waals surface area contributed by atoms with Crippen molar-refractivity contribution in [2.75, 3.05) is 16.4 Å². The minimum Gasteiger partial charge on any atom is -0.449 e. The maximum absolute atomic E-state index is 12.5. The molecular weight excluding hydrogens is 388 g/mol. The Morgan fingerprint density at radius 2 is 1.83 bits per heavy atom. The highest BCUT2D eigenvalue weighted by molar-refractivity contribution is 7.99. The van der Waals surface area contributed by atoms with Gasteiger partial charge in [0, 0.05) is 22.8 Å². The highest BCUT2D eigenvalue weighted by Gasteiger charge is 2.21. The van der Waals surface area contributed by atoms with E-state index in [0.29, 0.717) is 29.5 Å². The fourth-order valence-corrected chi connectivity index (χ4v) is 3.76. The van der Waals surface area contributed by atoms with Crippen molar-refractivity contribution < 1.29 is 19.1 Å². The van der Waals surface area contributed by atoms with Crippen molar-refractivity contribution in [3.8, 4) is 0 Å². The van der Waals surface area contributed by atoms with Crippen molar-refractivity contribution in [3.05, 3.63) is 53.6 Å². The molecule has 1 heterocycles. The molecule has 0 saturated carbocycles. The molecular formula is C22H24N2O4S. The summed E-state index contributed by atoms with van der Waals surface area (Å²) in [5.41, 5.74) is 2.70. The average molecular weight is 413 g/mol. The fraction of sp³-hybridized carbons (Fsp3) is 0.318. The first-order valence-electron chi connectivity index (χ1n) is 9.52. The van der Waals surface area contributed by atoms with Crippen LogP contribution in [0.5, 0.6) is 0 Å². The number of nitrogens with one attached hydrogen (secondary N) is 2. The van der Waals surface area contributed by atoms with E-state index in [1.165, 1.54) is 12.5 Å². The van der Waals surface area contributed by atoms with E-state index in [9.17, 15) is 14.4 Å². The highest BCUT2D eigenvalue weighted by Crippen LogP contribution is 2.31. The Morgan fingerprint density at radius 1 is 1.10 bits per heavy atom. The second kappa shape index (κ2) is 9.13. The monoisotopic (exact) mass is 412 g/mol. The Balaban J connectivity index is 1.62. The lowest BCUT2D eigenvalue weighted by molar-refractivity contribution is -0.123. The number of ether oxygens (including phenoxy) is 1. The van der Waals surface area contributed by atoms with Crippen LogP contribution in [-0.2, 0) is 14.3 Å². The molecule has 3 rings (SSSR count). The van der Waals surface area contributed by atoms with Gasteiger partial charge in [0.05, 0.1) is 11.3 Å². The van der Waals surface area contributed by atoms with Gasteiger partial charge in [0.2, 0.25) is 5.91 Å². The van der Waals surface area contributed by atoms with Crippen molar-refractivity contribution in [2.45, 2.75) is 44.1 Å². The van der Waals surface area contributed by atoms with E-state index in [4.69, 9.17) is 4.74 Å². The standard InChI is InChI=1S/C22H24N2O4S/c1-13(2)15-4-7-17(8-5-15)23-21(26)14(3)28-22(27)16-6-9-19-18(12-16)24-20(25)10-11-29-19/h4-9,12-14H,10-11H2,1-3H3,(H,23,26)(H,24,25)/t14-/m0/s1. The molecule has 0 fully saturated rings. The highest BCUT2D eigenvalue weighted by atomic mass is 32.2. The van der Waals surface area contributed by atoms with E-state index in [0.717, 1.165) is 4.90 Å². The van der Waals surface area contributed by atoms with Crippen molar-refractivity contribution in [1.29, 1.82) is 0 Å². The topological polar surface area (TPSA) is 84.5 Å². The Bertz CT molecular complexity index is 925. The third kappa shape index (κ3) is 5.38. The molecule has 29 heavy (non-hydrogen) atoms. The first kappa shape index (κ1) is 20.9. The summed E-state index contributed by atoms with van der Waals surface area (Å²) in [4.78, 5) is 37.5. The van der Waals surface area contributed by atoms with E-state index in [1.54, 1.807) is 30.0 Å². The van der Waals surface area contributed by atoms with E-state index in [-0.39, 0.29) is 11.5 Å². The van der Waals surface area contributed by atoms with Crippen LogP contribution in [0.15, 0.2) is 47.4 Å². The number of rotatable bonds is 5. The predicted octanol–water partition coefficient (Wildman–Crippen LogP) is 4.43. The lowest BCUT2D eigenvalue weighted by Gasteiger charge is -2.15. The molecule has 2 aromatic carbocycles. The maximum Gasteiger partial charge on any atom is 0.338 e. The maximum atomic E-state index is 12.5. The van der Waals surface area contributed by atoms with Crippen LogP contribution in [0.3, 0.4) is 0 Å². The molecule has 0 saturated heterocycles. The summed E-state index contributed by atoms with van der Waals surface area (Å²) in [6.45, 7) is 5.72. The van der Waals surface area contributed by atoms with Crippen molar-refractivity contribution in [3.63, 3.8) is 0 Å². The van der Waals surface area contributed by atoms with Gasteiger partial charge in [-0.25, -0.2) is 4.79 Å². The van der Waals surface area contributed by atoms with Crippen LogP contribution in [0, 0.1) is 0 Å². The van der Waals surface area contributed by atoms with Crippen LogP contribution in [0.4, 0.5) is 11.4 Å². The number of esters is 1. The summed E-state index contributed by atoms with van der Waals surface area (Å²) in [5.74, 6) is -0.0112. The third-order valence-electron chi connectivity index (χ3n) is 4.57. The molecule has 1 aliphatic heterocycles. The molecule has 152 valence electrons. The van der Waals surface area contributed by atoms with Crippen LogP contribution < -0.4 is 10.6 Å². The zero-order valence-electron chi connectivity index (χ0n) is 16.7. The minimum atomic E-state index is -0.963. The molecule has 0 radical (unpaired) electrons. The molecule has 7 heteroatoms. The number of anilines is 2. The smallest absolute Gasteiger partial charge is 0.338 e. The number of thioether (sulfide) groups is 1. The molecule has 0 unspecified atom stereocenters. The zero-order valence-corrected chi connectivity index (χ0v) is 17.5. The summed E-state index contributed by atoms with van der Waals surface area (Å²) in [6.07, 6.45) is -0.538. The molecule has 0 aliphatic carbocycles. The summed E-state index contributed by atoms with van der Waals surface area (Å²) in [5, 5.41) is 5.54. The third-order valence-corrected chi connectivity index (χ3v) is 5.65. The van der Waals surface area contributed by atoms with Gasteiger partial charge in [-0.1, -0.05) is 26.0 Å². The van der Waals surface area contributed by atoms with Gasteiger partial charge in [-0.2, -0.15) is 0 Å². The second-order valence-electron chi connectivity index (χ2n) is 7.17. The Labute approximate surface area is 174 Å². The van der Waals surface area contributed by atoms with Gasteiger partial charge in [-0.05, 0) is 48.7 Å². The lowest BCUT2D eigenvalue weighted by atomic mass is 10.0. The van der Waals surface area contributed by atoms with Gasteiger partial charge in [0.25, 0.3) is 5.91 Å². The summed E-state index contributed by atoms with van der Waals surface area (Å²) in [7, 11) is 0. The molecule has 2 aromatic rings. The van der Waals surface area contributed by atoms with Crippen molar-refractivity contribution >= 4 is 40.9 Å². The van der Waals surface area contributed by atoms with Gasteiger partial charge in [0.15, 0.2) is 6.10 Å². The molecule has 0 aromatic heterocycles. The predicted molar refractivity (Wildman–Crippen MR) is 114 cm³/mol. The van der Waals surface area contributed by atoms with E-state index in [1.807, 2.05) is 24.3 Å². The molecule has 0 spiro atoms. The van der Waals surface area contributed by atoms with Crippen LogP contribution in [0.2, 0.25) is 0 Å². The van der Waals surface area contributed by atoms with Crippen molar-refractivity contribution in [1.82, 2.24) is 0 Å². The normalized spacial score (nSPS) is 14.4. The van der Waals surface area contributed by atoms with Gasteiger partial charge < -0.3 is 15.4 Å². The fourth-order valence-electron chi connectivity index (χ4n) is 2.82. The number of hydrogen-bond acceptors (Lipinski definition) is 5. The zero-order chi connectivity index (χ0) is 21.0. The van der Waals surface area contributed by atoms with E-state index >= 15 is 0 Å². The number of hydrogen-bond donors (Lipinski definition) is 2.